The van der Waals surface area contributed by atoms with E-state index in [1.807, 2.05) is 0 Å². The van der Waals surface area contributed by atoms with Crippen molar-refractivity contribution in [2.45, 2.75) is 44.6 Å². The van der Waals surface area contributed by atoms with Crippen LogP contribution in [0.3, 0.4) is 0 Å². The molecule has 200 valence electrons. The van der Waals surface area contributed by atoms with Gasteiger partial charge >= 0.3 is 17.9 Å². The molecule has 1 aromatic heterocycles. The summed E-state index contributed by atoms with van der Waals surface area (Å²) in [5.74, 6) is -3.95. The topological polar surface area (TPSA) is 172 Å². The van der Waals surface area contributed by atoms with Crippen molar-refractivity contribution in [2.75, 3.05) is 26.4 Å². The minimum atomic E-state index is -1.16. The van der Waals surface area contributed by atoms with Crippen LogP contribution in [0.5, 0.6) is 11.8 Å². The Bertz CT molecular complexity index is 862. The Morgan fingerprint density at radius 3 is 2.03 bits per heavy atom. The highest BCUT2D eigenvalue weighted by atomic mass is 16.7. The number of ether oxygens (including phenoxy) is 4. The highest BCUT2D eigenvalue weighted by molar-refractivity contribution is 5.86. The zero-order valence-electron chi connectivity index (χ0n) is 19.9. The lowest BCUT2D eigenvalue weighted by molar-refractivity contribution is -0.149. The molecule has 0 spiro atoms. The Hall–Kier alpha value is -4.16. The van der Waals surface area contributed by atoms with Gasteiger partial charge in [0.1, 0.15) is 6.04 Å². The number of hydrogen-bond donors (Lipinski definition) is 3. The number of amides is 1. The Kier molecular flexibility index (Phi) is 14.4. The van der Waals surface area contributed by atoms with E-state index in [2.05, 4.69) is 18.5 Å². The van der Waals surface area contributed by atoms with Crippen molar-refractivity contribution in [3.8, 4) is 11.8 Å². The maximum Gasteiger partial charge on any atom is 0.333 e. The van der Waals surface area contributed by atoms with Crippen LogP contribution in [0.15, 0.2) is 37.8 Å². The average molecular weight is 513 g/mol. The van der Waals surface area contributed by atoms with E-state index in [1.54, 1.807) is 0 Å². The van der Waals surface area contributed by atoms with Crippen LogP contribution in [0.25, 0.3) is 0 Å². The van der Waals surface area contributed by atoms with Gasteiger partial charge in [-0.1, -0.05) is 13.2 Å². The number of aromatic nitrogens is 1. The van der Waals surface area contributed by atoms with Gasteiger partial charge in [0.05, 0.1) is 45.4 Å². The number of carbonyl (C=O) groups is 4. The summed E-state index contributed by atoms with van der Waals surface area (Å²) in [6, 6.07) is 1.05. The van der Waals surface area contributed by atoms with Crippen LogP contribution in [0.4, 0.5) is 0 Å². The van der Waals surface area contributed by atoms with E-state index in [9.17, 15) is 29.4 Å². The Balaban J connectivity index is 2.55. The monoisotopic (exact) mass is 512 g/mol. The molecule has 1 rings (SSSR count). The van der Waals surface area contributed by atoms with Gasteiger partial charge in [0, 0.05) is 37.8 Å². The minimum absolute atomic E-state index is 0.0168. The molecule has 0 saturated heterocycles. The van der Waals surface area contributed by atoms with Gasteiger partial charge in [0.2, 0.25) is 17.7 Å². The molecule has 0 radical (unpaired) electrons. The lowest BCUT2D eigenvalue weighted by Crippen LogP contribution is -2.42. The zero-order valence-corrected chi connectivity index (χ0v) is 19.9. The van der Waals surface area contributed by atoms with E-state index in [1.165, 1.54) is 12.5 Å². The summed E-state index contributed by atoms with van der Waals surface area (Å²) in [6.45, 7) is 7.55. The largest absolute Gasteiger partial charge is 0.502 e. The number of carbonyl (C=O) groups excluding carboxylic acids is 4. The predicted molar refractivity (Wildman–Crippen MR) is 123 cm³/mol. The fourth-order valence-electron chi connectivity index (χ4n) is 2.62. The van der Waals surface area contributed by atoms with Gasteiger partial charge in [-0.15, -0.1) is 4.73 Å². The first-order chi connectivity index (χ1) is 17.3. The molecular weight excluding hydrogens is 480 g/mol. The van der Waals surface area contributed by atoms with Crippen molar-refractivity contribution in [3.63, 3.8) is 0 Å². The van der Waals surface area contributed by atoms with Crippen LogP contribution in [-0.2, 0) is 38.1 Å². The van der Waals surface area contributed by atoms with Gasteiger partial charge in [-0.2, -0.15) is 0 Å². The van der Waals surface area contributed by atoms with Crippen LogP contribution < -0.4 is 10.2 Å². The molecular formula is C23H32N2O11. The van der Waals surface area contributed by atoms with Gasteiger partial charge in [-0.25, -0.2) is 9.59 Å². The third-order valence-corrected chi connectivity index (χ3v) is 4.36. The summed E-state index contributed by atoms with van der Waals surface area (Å²) < 4.78 is 20.5. The number of rotatable bonds is 19. The molecule has 0 aromatic carbocycles. The van der Waals surface area contributed by atoms with Crippen LogP contribution >= 0.6 is 0 Å². The van der Waals surface area contributed by atoms with E-state index in [0.29, 0.717) is 24.2 Å². The van der Waals surface area contributed by atoms with E-state index >= 15 is 0 Å². The third kappa shape index (κ3) is 12.3. The second-order valence-electron chi connectivity index (χ2n) is 7.14. The molecule has 13 nitrogen and oxygen atoms in total. The highest BCUT2D eigenvalue weighted by Gasteiger charge is 2.24. The maximum absolute atomic E-state index is 12.5. The van der Waals surface area contributed by atoms with Crippen LogP contribution in [0, 0.1) is 0 Å². The molecule has 0 saturated carbocycles. The SMILES string of the molecule is C=COCCCOC(=O)CCC(NC(=O)CCC(=O)On1c(O)ccc1O)C(=O)OCCCOC=C. The summed E-state index contributed by atoms with van der Waals surface area (Å²) >= 11 is 0. The van der Waals surface area contributed by atoms with Crippen molar-refractivity contribution >= 4 is 23.8 Å². The molecule has 1 aromatic rings. The molecule has 3 N–H and O–H groups in total. The normalized spacial score (nSPS) is 11.0. The van der Waals surface area contributed by atoms with Crippen LogP contribution in [0.1, 0.15) is 38.5 Å². The first kappa shape index (κ1) is 29.9. The van der Waals surface area contributed by atoms with Crippen molar-refractivity contribution in [1.29, 1.82) is 0 Å². The molecule has 0 fully saturated rings. The first-order valence-electron chi connectivity index (χ1n) is 11.2. The summed E-state index contributed by atoms with van der Waals surface area (Å²) in [7, 11) is 0. The van der Waals surface area contributed by atoms with Crippen molar-refractivity contribution in [3.05, 3.63) is 37.8 Å². The molecule has 1 unspecified atom stereocenters. The van der Waals surface area contributed by atoms with E-state index < -0.39 is 48.0 Å². The lowest BCUT2D eigenvalue weighted by atomic mass is 10.1. The smallest absolute Gasteiger partial charge is 0.333 e. The number of esters is 2. The fraction of sp³-hybridized carbons (Fsp3) is 0.478. The molecule has 1 heterocycles. The Morgan fingerprint density at radius 1 is 0.861 bits per heavy atom. The summed E-state index contributed by atoms with van der Waals surface area (Å²) in [5, 5.41) is 21.4. The highest BCUT2D eigenvalue weighted by Crippen LogP contribution is 2.18. The second-order valence-corrected chi connectivity index (χ2v) is 7.14. The molecule has 36 heavy (non-hydrogen) atoms. The van der Waals surface area contributed by atoms with Crippen LogP contribution in [-0.4, -0.2) is 71.2 Å². The van der Waals surface area contributed by atoms with Crippen molar-refractivity contribution in [1.82, 2.24) is 10.0 Å². The van der Waals surface area contributed by atoms with E-state index in [4.69, 9.17) is 23.8 Å². The van der Waals surface area contributed by atoms with Gasteiger partial charge < -0.3 is 39.3 Å². The summed E-state index contributed by atoms with van der Waals surface area (Å²) in [6.07, 6.45) is 2.33. The Labute approximate surface area is 208 Å². The quantitative estimate of drug-likeness (QED) is 0.138. The number of nitrogens with zero attached hydrogens (tertiary/aromatic N) is 1. The van der Waals surface area contributed by atoms with Crippen molar-refractivity contribution in [2.24, 2.45) is 0 Å². The first-order valence-corrected chi connectivity index (χ1v) is 11.2. The van der Waals surface area contributed by atoms with E-state index in [-0.39, 0.29) is 39.1 Å². The van der Waals surface area contributed by atoms with Gasteiger partial charge in [0.15, 0.2) is 0 Å². The van der Waals surface area contributed by atoms with Crippen LogP contribution in [0.2, 0.25) is 0 Å². The maximum atomic E-state index is 12.5. The molecule has 0 aliphatic carbocycles. The van der Waals surface area contributed by atoms with Gasteiger partial charge in [-0.05, 0) is 6.42 Å². The molecule has 0 bridgehead atoms. The fourth-order valence-corrected chi connectivity index (χ4v) is 2.62. The third-order valence-electron chi connectivity index (χ3n) is 4.36. The standard InChI is InChI=1S/C23H32N2O11/c1-3-32-13-5-15-34-21(29)11-7-17(23(31)35-16-6-14-33-4-2)24-18(26)8-12-22(30)36-25-19(27)9-10-20(25)28/h3-4,9-10,17,27-28H,1-2,5-8,11-16H2,(H,24,26). The second kappa shape index (κ2) is 17.3. The molecule has 1 amide bonds. The zero-order chi connectivity index (χ0) is 26.8. The number of hydrogen-bond acceptors (Lipinski definition) is 11. The minimum Gasteiger partial charge on any atom is -0.502 e. The Morgan fingerprint density at radius 2 is 1.44 bits per heavy atom. The number of aromatic hydroxyl groups is 2. The molecule has 0 aliphatic rings. The predicted octanol–water partition coefficient (Wildman–Crippen LogP) is 1.09. The summed E-state index contributed by atoms with van der Waals surface area (Å²) in [4.78, 5) is 53.4. The van der Waals surface area contributed by atoms with Gasteiger partial charge in [-0.3, -0.25) is 9.59 Å². The average Bonchev–Trinajstić information content (AvgIpc) is 3.16. The molecule has 13 heteroatoms. The van der Waals surface area contributed by atoms with E-state index in [0.717, 1.165) is 12.1 Å². The molecule has 0 aliphatic heterocycles. The lowest BCUT2D eigenvalue weighted by Gasteiger charge is -2.17. The number of nitrogens with one attached hydrogen (secondary N) is 1. The molecule has 1 atom stereocenters. The van der Waals surface area contributed by atoms with Crippen molar-refractivity contribution < 1.29 is 53.2 Å². The van der Waals surface area contributed by atoms with Gasteiger partial charge in [0.25, 0.3) is 0 Å². The summed E-state index contributed by atoms with van der Waals surface area (Å²) in [5.41, 5.74) is 0.